The summed E-state index contributed by atoms with van der Waals surface area (Å²) in [5.41, 5.74) is 11.4. The van der Waals surface area contributed by atoms with Crippen molar-refractivity contribution >= 4 is 0 Å². The Balaban J connectivity index is -0.000000157. The summed E-state index contributed by atoms with van der Waals surface area (Å²) in [4.78, 5) is 0. The zero-order chi connectivity index (χ0) is 24.7. The molecule has 174 valence electrons. The van der Waals surface area contributed by atoms with Crippen LogP contribution in [0.2, 0.25) is 0 Å². The van der Waals surface area contributed by atoms with Crippen molar-refractivity contribution in [2.45, 2.75) is 94.9 Å². The maximum atomic E-state index is 8.87. The van der Waals surface area contributed by atoms with Crippen LogP contribution in [0.4, 0.5) is 0 Å². The molecular weight excluding hydrogens is 366 g/mol. The normalized spacial score (nSPS) is 9.40. The smallest absolute Gasteiger partial charge is 0.113 e. The Morgan fingerprint density at radius 3 is 1.53 bits per heavy atom. The zero-order valence-electron chi connectivity index (χ0n) is 21.8. The summed E-state index contributed by atoms with van der Waals surface area (Å²) in [6.07, 6.45) is 4.93. The largest absolute Gasteiger partial charge is 0.508 e. The first-order chi connectivity index (χ1) is 14.1. The van der Waals surface area contributed by atoms with Crippen molar-refractivity contribution in [3.8, 4) is 0 Å². The lowest BCUT2D eigenvalue weighted by Crippen LogP contribution is -2.02. The van der Waals surface area contributed by atoms with Crippen LogP contribution in [-0.2, 0) is 6.42 Å². The first kappa shape index (κ1) is 35.2. The first-order valence-electron chi connectivity index (χ1n) is 11.3. The second-order valence-corrected chi connectivity index (χ2v) is 6.67. The Morgan fingerprint density at radius 2 is 1.33 bits per heavy atom. The molecule has 1 aromatic carbocycles. The molecule has 0 aliphatic carbocycles. The Morgan fingerprint density at radius 1 is 0.900 bits per heavy atom. The summed E-state index contributed by atoms with van der Waals surface area (Å²) in [6.45, 7) is 30.8. The second kappa shape index (κ2) is 24.8. The zero-order valence-corrected chi connectivity index (χ0v) is 21.8. The highest BCUT2D eigenvalue weighted by atomic mass is 16.3. The summed E-state index contributed by atoms with van der Waals surface area (Å²) in [7, 11) is 0. The third kappa shape index (κ3) is 23.8. The predicted octanol–water partition coefficient (Wildman–Crippen LogP) is 9.23. The maximum Gasteiger partial charge on any atom is 0.113 e. The van der Waals surface area contributed by atoms with Crippen LogP contribution in [0.15, 0.2) is 72.2 Å². The number of unbranched alkanes of at least 4 members (excludes halogenated alkanes) is 1. The number of aliphatic hydroxyl groups excluding tert-OH is 1. The van der Waals surface area contributed by atoms with Gasteiger partial charge in [-0.25, -0.2) is 0 Å². The Labute approximate surface area is 189 Å². The highest BCUT2D eigenvalue weighted by molar-refractivity contribution is 5.35. The van der Waals surface area contributed by atoms with Crippen molar-refractivity contribution in [1.29, 1.82) is 0 Å². The van der Waals surface area contributed by atoms with E-state index in [1.807, 2.05) is 27.7 Å². The minimum absolute atomic E-state index is 0.000463. The Bertz CT molecular complexity index is 570. The van der Waals surface area contributed by atoms with E-state index in [2.05, 4.69) is 71.7 Å². The lowest BCUT2D eigenvalue weighted by atomic mass is 10.1. The maximum absolute atomic E-state index is 8.87. The van der Waals surface area contributed by atoms with Gasteiger partial charge in [0.1, 0.15) is 5.76 Å². The van der Waals surface area contributed by atoms with Crippen molar-refractivity contribution in [2.75, 3.05) is 0 Å². The summed E-state index contributed by atoms with van der Waals surface area (Å²) < 4.78 is 0. The van der Waals surface area contributed by atoms with E-state index in [-0.39, 0.29) is 5.76 Å². The number of rotatable bonds is 6. The van der Waals surface area contributed by atoms with Crippen LogP contribution in [0.5, 0.6) is 0 Å². The van der Waals surface area contributed by atoms with Crippen LogP contribution < -0.4 is 5.73 Å². The van der Waals surface area contributed by atoms with E-state index in [0.29, 0.717) is 11.3 Å². The van der Waals surface area contributed by atoms with E-state index in [9.17, 15) is 0 Å². The summed E-state index contributed by atoms with van der Waals surface area (Å²) in [5, 5.41) is 8.87. The molecule has 0 amide bonds. The van der Waals surface area contributed by atoms with Gasteiger partial charge in [-0.15, -0.1) is 6.58 Å². The van der Waals surface area contributed by atoms with Gasteiger partial charge in [-0.05, 0) is 58.1 Å². The van der Waals surface area contributed by atoms with Gasteiger partial charge in [-0.3, -0.25) is 0 Å². The van der Waals surface area contributed by atoms with Crippen molar-refractivity contribution in [1.82, 2.24) is 0 Å². The van der Waals surface area contributed by atoms with Crippen molar-refractivity contribution in [3.05, 3.63) is 83.3 Å². The van der Waals surface area contributed by atoms with E-state index in [0.717, 1.165) is 12.0 Å². The van der Waals surface area contributed by atoms with Crippen LogP contribution in [0, 0.1) is 6.92 Å². The van der Waals surface area contributed by atoms with Gasteiger partial charge in [-0.2, -0.15) is 0 Å². The molecule has 3 N–H and O–H groups in total. The Hall–Kier alpha value is -2.22. The molecule has 0 fully saturated rings. The molecule has 0 aromatic heterocycles. The molecule has 0 aliphatic heterocycles. The highest BCUT2D eigenvalue weighted by Crippen LogP contribution is 2.11. The van der Waals surface area contributed by atoms with Gasteiger partial charge in [0.25, 0.3) is 0 Å². The summed E-state index contributed by atoms with van der Waals surface area (Å²) in [6, 6.07) is 8.66. The standard InChI is InChI=1S/C9H12.C8H13NO.C7H14.2C2H6/c1-3-9-6-4-8(2)5-7-9;1-5(2)8(9)6(3)7(4)10;1-4-5-6-7(2)3;2*1-2/h4-7H,3H2,1-2H3;10H,1,4,9H2,2-3H3;2,4-6H2,1,3H3;2*1-2H3/b;8-6+;;;. The van der Waals surface area contributed by atoms with Gasteiger partial charge in [0.15, 0.2) is 0 Å². The van der Waals surface area contributed by atoms with Crippen LogP contribution in [0.1, 0.15) is 92.7 Å². The van der Waals surface area contributed by atoms with Gasteiger partial charge in [0.2, 0.25) is 0 Å². The van der Waals surface area contributed by atoms with Crippen molar-refractivity contribution in [3.63, 3.8) is 0 Å². The molecule has 2 nitrogen and oxygen atoms in total. The van der Waals surface area contributed by atoms with Crippen LogP contribution in [0.3, 0.4) is 0 Å². The lowest BCUT2D eigenvalue weighted by Gasteiger charge is -2.04. The fourth-order valence-electron chi connectivity index (χ4n) is 1.78. The van der Waals surface area contributed by atoms with Gasteiger partial charge < -0.3 is 10.8 Å². The fraction of sp³-hybridized carbons (Fsp3) is 0.500. The average Bonchev–Trinajstić information content (AvgIpc) is 2.75. The van der Waals surface area contributed by atoms with E-state index in [4.69, 9.17) is 10.8 Å². The number of aliphatic hydroxyl groups is 1. The molecule has 0 heterocycles. The second-order valence-electron chi connectivity index (χ2n) is 6.67. The number of allylic oxidation sites excluding steroid dienone is 3. The molecule has 0 spiro atoms. The summed E-state index contributed by atoms with van der Waals surface area (Å²) >= 11 is 0. The Kier molecular flexibility index (Phi) is 29.1. The predicted molar refractivity (Wildman–Crippen MR) is 141 cm³/mol. The van der Waals surface area contributed by atoms with E-state index in [1.165, 1.54) is 36.0 Å². The first-order valence-corrected chi connectivity index (χ1v) is 11.3. The number of benzene rings is 1. The molecular formula is C28H51NO. The molecule has 2 heteroatoms. The molecule has 0 unspecified atom stereocenters. The quantitative estimate of drug-likeness (QED) is 0.275. The van der Waals surface area contributed by atoms with Gasteiger partial charge in [0, 0.05) is 11.3 Å². The third-order valence-corrected chi connectivity index (χ3v) is 3.78. The van der Waals surface area contributed by atoms with Crippen molar-refractivity contribution in [2.24, 2.45) is 5.73 Å². The molecule has 1 aromatic rings. The minimum atomic E-state index is 0.000463. The molecule has 0 bridgehead atoms. The van der Waals surface area contributed by atoms with Gasteiger partial charge >= 0.3 is 0 Å². The molecule has 0 saturated heterocycles. The third-order valence-electron chi connectivity index (χ3n) is 3.78. The molecule has 0 aliphatic rings. The van der Waals surface area contributed by atoms with Crippen LogP contribution in [-0.4, -0.2) is 5.11 Å². The fourth-order valence-corrected chi connectivity index (χ4v) is 1.78. The summed E-state index contributed by atoms with van der Waals surface area (Å²) in [5.74, 6) is 0.000463. The monoisotopic (exact) mass is 417 g/mol. The highest BCUT2D eigenvalue weighted by Gasteiger charge is 1.99. The number of hydrogen-bond acceptors (Lipinski definition) is 2. The molecule has 30 heavy (non-hydrogen) atoms. The average molecular weight is 418 g/mol. The SMILES string of the molecule is C=C(C)CCCC.C=C(O)/C(C)=C(/N)C(=C)C.CC.CC.CCc1ccc(C)cc1. The minimum Gasteiger partial charge on any atom is -0.508 e. The molecule has 0 saturated carbocycles. The van der Waals surface area contributed by atoms with Gasteiger partial charge in [0.05, 0.1) is 0 Å². The van der Waals surface area contributed by atoms with Gasteiger partial charge in [-0.1, -0.05) is 96.5 Å². The van der Waals surface area contributed by atoms with Crippen LogP contribution in [0.25, 0.3) is 0 Å². The number of nitrogens with two attached hydrogens (primary N) is 1. The lowest BCUT2D eigenvalue weighted by molar-refractivity contribution is 0.425. The number of hydrogen-bond donors (Lipinski definition) is 2. The molecule has 0 atom stereocenters. The number of aryl methyl sites for hydroxylation is 2. The van der Waals surface area contributed by atoms with E-state index >= 15 is 0 Å². The van der Waals surface area contributed by atoms with Crippen molar-refractivity contribution < 1.29 is 5.11 Å². The molecule has 0 radical (unpaired) electrons. The van der Waals surface area contributed by atoms with E-state index in [1.54, 1.807) is 13.8 Å². The van der Waals surface area contributed by atoms with Crippen LogP contribution >= 0.6 is 0 Å². The topological polar surface area (TPSA) is 46.2 Å². The molecule has 1 rings (SSSR count). The van der Waals surface area contributed by atoms with E-state index < -0.39 is 0 Å².